The van der Waals surface area contributed by atoms with Gasteiger partial charge in [-0.1, -0.05) is 19.3 Å². The van der Waals surface area contributed by atoms with Crippen LogP contribution in [0.1, 0.15) is 56.6 Å². The second kappa shape index (κ2) is 5.95. The molecule has 1 aromatic rings. The number of hydrogen-bond donors (Lipinski definition) is 2. The number of hydrogen-bond acceptors (Lipinski definition) is 4. The fourth-order valence-electron chi connectivity index (χ4n) is 3.20. The Morgan fingerprint density at radius 1 is 1.30 bits per heavy atom. The Morgan fingerprint density at radius 2 is 2.05 bits per heavy atom. The van der Waals surface area contributed by atoms with Gasteiger partial charge in [-0.05, 0) is 32.7 Å². The standard InChI is InChI=1S/C15H23N3O2/c1-16-12-7-11(8-12)14(19)18-15-17-9-13(20-15)10-5-3-2-4-6-10/h9-12,16H,2-8H2,1H3,(H,17,18,19)/t11-,12-. The molecule has 0 aromatic carbocycles. The topological polar surface area (TPSA) is 67.2 Å². The number of carbonyl (C=O) groups is 1. The minimum Gasteiger partial charge on any atom is -0.428 e. The van der Waals surface area contributed by atoms with Gasteiger partial charge in [-0.25, -0.2) is 4.98 Å². The first-order valence-corrected chi connectivity index (χ1v) is 7.70. The molecule has 0 aliphatic heterocycles. The minimum absolute atomic E-state index is 0.0357. The van der Waals surface area contributed by atoms with E-state index in [0.29, 0.717) is 18.0 Å². The summed E-state index contributed by atoms with van der Waals surface area (Å²) in [7, 11) is 1.93. The molecule has 2 aliphatic carbocycles. The summed E-state index contributed by atoms with van der Waals surface area (Å²) in [5.74, 6) is 1.55. The number of anilines is 1. The van der Waals surface area contributed by atoms with Gasteiger partial charge in [0.05, 0.1) is 6.20 Å². The van der Waals surface area contributed by atoms with Crippen LogP contribution in [0, 0.1) is 5.92 Å². The largest absolute Gasteiger partial charge is 0.428 e. The molecular formula is C15H23N3O2. The zero-order valence-electron chi connectivity index (χ0n) is 12.0. The van der Waals surface area contributed by atoms with E-state index in [0.717, 1.165) is 18.6 Å². The Labute approximate surface area is 119 Å². The van der Waals surface area contributed by atoms with Crippen molar-refractivity contribution in [3.05, 3.63) is 12.0 Å². The lowest BCUT2D eigenvalue weighted by molar-refractivity contribution is -0.123. The fraction of sp³-hybridized carbons (Fsp3) is 0.733. The number of nitrogens with zero attached hydrogens (tertiary/aromatic N) is 1. The van der Waals surface area contributed by atoms with Gasteiger partial charge in [-0.2, -0.15) is 0 Å². The van der Waals surface area contributed by atoms with E-state index in [2.05, 4.69) is 15.6 Å². The number of rotatable bonds is 4. The van der Waals surface area contributed by atoms with E-state index in [9.17, 15) is 4.79 Å². The summed E-state index contributed by atoms with van der Waals surface area (Å²) >= 11 is 0. The molecular weight excluding hydrogens is 254 g/mol. The highest BCUT2D eigenvalue weighted by Gasteiger charge is 2.34. The lowest BCUT2D eigenvalue weighted by atomic mass is 9.80. The molecule has 3 rings (SSSR count). The molecule has 1 amide bonds. The van der Waals surface area contributed by atoms with E-state index < -0.39 is 0 Å². The van der Waals surface area contributed by atoms with Gasteiger partial charge >= 0.3 is 6.01 Å². The molecule has 2 N–H and O–H groups in total. The Bertz CT molecular complexity index is 459. The van der Waals surface area contributed by atoms with Crippen molar-refractivity contribution in [2.24, 2.45) is 5.92 Å². The highest BCUT2D eigenvalue weighted by Crippen LogP contribution is 2.34. The molecule has 2 saturated carbocycles. The molecule has 1 aromatic heterocycles. The van der Waals surface area contributed by atoms with E-state index >= 15 is 0 Å². The van der Waals surface area contributed by atoms with Crippen LogP contribution in [0.3, 0.4) is 0 Å². The van der Waals surface area contributed by atoms with E-state index in [4.69, 9.17) is 4.42 Å². The maximum Gasteiger partial charge on any atom is 0.301 e. The molecule has 0 atom stereocenters. The summed E-state index contributed by atoms with van der Waals surface area (Å²) in [6.07, 6.45) is 9.79. The lowest BCUT2D eigenvalue weighted by Gasteiger charge is -2.33. The third-order valence-corrected chi connectivity index (χ3v) is 4.68. The predicted octanol–water partition coefficient (Wildman–Crippen LogP) is 2.66. The average Bonchev–Trinajstić information content (AvgIpc) is 2.87. The van der Waals surface area contributed by atoms with Crippen molar-refractivity contribution < 1.29 is 9.21 Å². The van der Waals surface area contributed by atoms with E-state index in [1.165, 1.54) is 32.1 Å². The Balaban J connectivity index is 1.53. The molecule has 20 heavy (non-hydrogen) atoms. The van der Waals surface area contributed by atoms with Gasteiger partial charge in [0.1, 0.15) is 5.76 Å². The molecule has 0 spiro atoms. The number of carbonyl (C=O) groups excluding carboxylic acids is 1. The summed E-state index contributed by atoms with van der Waals surface area (Å²) < 4.78 is 5.71. The Hall–Kier alpha value is -1.36. The number of nitrogens with one attached hydrogen (secondary N) is 2. The zero-order valence-corrected chi connectivity index (χ0v) is 12.0. The second-order valence-electron chi connectivity index (χ2n) is 6.05. The molecule has 110 valence electrons. The van der Waals surface area contributed by atoms with Crippen molar-refractivity contribution in [2.45, 2.75) is 56.9 Å². The van der Waals surface area contributed by atoms with Crippen LogP contribution in [0.5, 0.6) is 0 Å². The highest BCUT2D eigenvalue weighted by molar-refractivity contribution is 5.91. The lowest BCUT2D eigenvalue weighted by Crippen LogP contribution is -2.44. The molecule has 1 heterocycles. The number of oxazole rings is 1. The molecule has 0 radical (unpaired) electrons. The van der Waals surface area contributed by atoms with Crippen molar-refractivity contribution in [1.29, 1.82) is 0 Å². The summed E-state index contributed by atoms with van der Waals surface area (Å²) in [4.78, 5) is 16.2. The van der Waals surface area contributed by atoms with Crippen LogP contribution < -0.4 is 10.6 Å². The first-order valence-electron chi connectivity index (χ1n) is 7.70. The van der Waals surface area contributed by atoms with E-state index in [1.54, 1.807) is 6.20 Å². The first kappa shape index (κ1) is 13.6. The summed E-state index contributed by atoms with van der Waals surface area (Å²) in [6.45, 7) is 0. The third-order valence-electron chi connectivity index (χ3n) is 4.68. The molecule has 0 saturated heterocycles. The van der Waals surface area contributed by atoms with Gasteiger partial charge in [-0.3, -0.25) is 10.1 Å². The quantitative estimate of drug-likeness (QED) is 0.888. The Morgan fingerprint density at radius 3 is 2.75 bits per heavy atom. The summed E-state index contributed by atoms with van der Waals surface area (Å²) in [5.41, 5.74) is 0. The van der Waals surface area contributed by atoms with Gasteiger partial charge in [0.2, 0.25) is 5.91 Å². The van der Waals surface area contributed by atoms with Crippen LogP contribution in [0.25, 0.3) is 0 Å². The van der Waals surface area contributed by atoms with Gasteiger partial charge in [-0.15, -0.1) is 0 Å². The van der Waals surface area contributed by atoms with Gasteiger partial charge in [0.15, 0.2) is 0 Å². The summed E-state index contributed by atoms with van der Waals surface area (Å²) in [6, 6.07) is 0.844. The van der Waals surface area contributed by atoms with Crippen molar-refractivity contribution >= 4 is 11.9 Å². The summed E-state index contributed by atoms with van der Waals surface area (Å²) in [5, 5.41) is 5.98. The second-order valence-corrected chi connectivity index (χ2v) is 6.05. The average molecular weight is 277 g/mol. The Kier molecular flexibility index (Phi) is 4.05. The van der Waals surface area contributed by atoms with Crippen molar-refractivity contribution in [2.75, 3.05) is 12.4 Å². The van der Waals surface area contributed by atoms with Crippen LogP contribution in [-0.2, 0) is 4.79 Å². The normalized spacial score (nSPS) is 27.1. The zero-order chi connectivity index (χ0) is 13.9. The van der Waals surface area contributed by atoms with E-state index in [1.807, 2.05) is 7.05 Å². The SMILES string of the molecule is CN[C@H]1C[C@H](C(=O)Nc2ncc(C3CCCCC3)o2)C1. The van der Waals surface area contributed by atoms with Crippen LogP contribution in [0.2, 0.25) is 0 Å². The monoisotopic (exact) mass is 277 g/mol. The highest BCUT2D eigenvalue weighted by atomic mass is 16.4. The third kappa shape index (κ3) is 2.87. The molecule has 2 aliphatic rings. The van der Waals surface area contributed by atoms with Crippen molar-refractivity contribution in [1.82, 2.24) is 10.3 Å². The first-order chi connectivity index (χ1) is 9.76. The smallest absolute Gasteiger partial charge is 0.301 e. The van der Waals surface area contributed by atoms with Gasteiger partial charge < -0.3 is 9.73 Å². The van der Waals surface area contributed by atoms with Gasteiger partial charge in [0.25, 0.3) is 0 Å². The molecule has 5 heteroatoms. The van der Waals surface area contributed by atoms with Crippen LogP contribution in [0.4, 0.5) is 6.01 Å². The molecule has 0 unspecified atom stereocenters. The maximum absolute atomic E-state index is 12.0. The molecule has 0 bridgehead atoms. The predicted molar refractivity (Wildman–Crippen MR) is 76.5 cm³/mol. The van der Waals surface area contributed by atoms with E-state index in [-0.39, 0.29) is 11.8 Å². The minimum atomic E-state index is 0.0357. The van der Waals surface area contributed by atoms with Gasteiger partial charge in [0, 0.05) is 17.9 Å². The fourth-order valence-corrected chi connectivity index (χ4v) is 3.20. The molecule has 5 nitrogen and oxygen atoms in total. The molecule has 2 fully saturated rings. The van der Waals surface area contributed by atoms with Crippen LogP contribution >= 0.6 is 0 Å². The number of amides is 1. The van der Waals surface area contributed by atoms with Crippen LogP contribution in [-0.4, -0.2) is 24.0 Å². The van der Waals surface area contributed by atoms with Crippen LogP contribution in [0.15, 0.2) is 10.6 Å². The maximum atomic E-state index is 12.0. The van der Waals surface area contributed by atoms with Crippen molar-refractivity contribution in [3.8, 4) is 0 Å². The number of aromatic nitrogens is 1. The van der Waals surface area contributed by atoms with Crippen molar-refractivity contribution in [3.63, 3.8) is 0 Å².